The largest absolute Gasteiger partial charge is 0.417 e. The van der Waals surface area contributed by atoms with Crippen LogP contribution in [0.1, 0.15) is 21.5 Å². The normalized spacial score (nSPS) is 11.4. The lowest BCUT2D eigenvalue weighted by molar-refractivity contribution is -0.138. The van der Waals surface area contributed by atoms with Gasteiger partial charge in [0.05, 0.1) is 22.9 Å². The van der Waals surface area contributed by atoms with E-state index >= 15 is 0 Å². The molecule has 134 valence electrons. The number of alkyl halides is 3. The predicted molar refractivity (Wildman–Crippen MR) is 87.0 cm³/mol. The molecule has 0 spiro atoms. The number of carbonyl (C=O) groups excluding carboxylic acids is 1. The van der Waals surface area contributed by atoms with Crippen LogP contribution in [-0.2, 0) is 12.7 Å². The van der Waals surface area contributed by atoms with Crippen LogP contribution in [0, 0.1) is 0 Å². The number of nitrogens with one attached hydrogen (secondary N) is 1. The molecule has 6 nitrogen and oxygen atoms in total. The van der Waals surface area contributed by atoms with E-state index in [-0.39, 0.29) is 5.88 Å². The number of carbonyl (C=O) groups is 1. The number of nitrogens with zero attached hydrogens (tertiary/aromatic N) is 2. The van der Waals surface area contributed by atoms with Crippen LogP contribution in [0.5, 0.6) is 0 Å². The number of pyridine rings is 1. The van der Waals surface area contributed by atoms with Gasteiger partial charge >= 0.3 is 6.18 Å². The van der Waals surface area contributed by atoms with Gasteiger partial charge in [0.1, 0.15) is 0 Å². The SMILES string of the molecule is NCc1ccc(-c2cnoc2NC(=O)c2cnccc2C(F)(F)F)cc1. The van der Waals surface area contributed by atoms with E-state index in [0.717, 1.165) is 24.0 Å². The summed E-state index contributed by atoms with van der Waals surface area (Å²) >= 11 is 0. The van der Waals surface area contributed by atoms with Gasteiger partial charge in [-0.2, -0.15) is 13.2 Å². The van der Waals surface area contributed by atoms with Gasteiger partial charge in [-0.1, -0.05) is 29.4 Å². The monoisotopic (exact) mass is 362 g/mol. The molecule has 2 aromatic heterocycles. The molecule has 0 aliphatic carbocycles. The molecule has 3 rings (SSSR count). The molecular weight excluding hydrogens is 349 g/mol. The minimum absolute atomic E-state index is 0.0625. The van der Waals surface area contributed by atoms with Crippen molar-refractivity contribution in [1.29, 1.82) is 0 Å². The molecule has 0 aliphatic rings. The molecule has 0 unspecified atom stereocenters. The standard InChI is InChI=1S/C17H13F3N4O2/c18-17(19,20)14-5-6-22-8-13(14)15(25)24-16-12(9-23-26-16)11-3-1-10(7-21)2-4-11/h1-6,8-9H,7,21H2,(H,24,25). The number of nitrogens with two attached hydrogens (primary N) is 1. The van der Waals surface area contributed by atoms with Crippen molar-refractivity contribution < 1.29 is 22.5 Å². The van der Waals surface area contributed by atoms with Crippen molar-refractivity contribution in [3.05, 3.63) is 65.6 Å². The van der Waals surface area contributed by atoms with Gasteiger partial charge in [0.25, 0.3) is 5.91 Å². The number of hydrogen-bond donors (Lipinski definition) is 2. The van der Waals surface area contributed by atoms with Crippen LogP contribution in [0.25, 0.3) is 11.1 Å². The highest BCUT2D eigenvalue weighted by Gasteiger charge is 2.35. The molecule has 0 saturated heterocycles. The maximum Gasteiger partial charge on any atom is 0.417 e. The molecule has 2 heterocycles. The highest BCUT2D eigenvalue weighted by molar-refractivity contribution is 6.06. The van der Waals surface area contributed by atoms with Gasteiger partial charge in [-0.05, 0) is 17.2 Å². The second kappa shape index (κ2) is 6.96. The lowest BCUT2D eigenvalue weighted by atomic mass is 10.1. The summed E-state index contributed by atoms with van der Waals surface area (Å²) in [5.41, 5.74) is 5.85. The summed E-state index contributed by atoms with van der Waals surface area (Å²) in [6, 6.07) is 7.81. The molecule has 0 bridgehead atoms. The van der Waals surface area contributed by atoms with Gasteiger partial charge in [0.15, 0.2) is 0 Å². The van der Waals surface area contributed by atoms with Crippen LogP contribution in [0.15, 0.2) is 53.4 Å². The Balaban J connectivity index is 1.89. The smallest absolute Gasteiger partial charge is 0.338 e. The zero-order valence-corrected chi connectivity index (χ0v) is 13.2. The number of benzene rings is 1. The van der Waals surface area contributed by atoms with Gasteiger partial charge in [-0.25, -0.2) is 0 Å². The van der Waals surface area contributed by atoms with Crippen LogP contribution >= 0.6 is 0 Å². The van der Waals surface area contributed by atoms with Crippen molar-refractivity contribution in [2.24, 2.45) is 5.73 Å². The van der Waals surface area contributed by atoms with Gasteiger partial charge in [-0.15, -0.1) is 0 Å². The van der Waals surface area contributed by atoms with E-state index in [4.69, 9.17) is 10.3 Å². The van der Waals surface area contributed by atoms with E-state index in [1.807, 2.05) is 0 Å². The Labute approximate surface area is 145 Å². The Bertz CT molecular complexity index is 920. The Kier molecular flexibility index (Phi) is 4.72. The second-order valence-electron chi connectivity index (χ2n) is 5.34. The molecule has 1 amide bonds. The first-order chi connectivity index (χ1) is 12.4. The molecule has 0 atom stereocenters. The zero-order chi connectivity index (χ0) is 18.7. The summed E-state index contributed by atoms with van der Waals surface area (Å²) < 4.78 is 44.1. The number of hydrogen-bond acceptors (Lipinski definition) is 5. The van der Waals surface area contributed by atoms with Crippen molar-refractivity contribution in [3.63, 3.8) is 0 Å². The van der Waals surface area contributed by atoms with Gasteiger partial charge in [-0.3, -0.25) is 15.1 Å². The quantitative estimate of drug-likeness (QED) is 0.741. The summed E-state index contributed by atoms with van der Waals surface area (Å²) in [4.78, 5) is 15.9. The molecule has 3 aromatic rings. The van der Waals surface area contributed by atoms with Crippen molar-refractivity contribution in [3.8, 4) is 11.1 Å². The topological polar surface area (TPSA) is 94.0 Å². The Morgan fingerprint density at radius 3 is 2.54 bits per heavy atom. The Morgan fingerprint density at radius 1 is 1.15 bits per heavy atom. The van der Waals surface area contributed by atoms with E-state index < -0.39 is 23.2 Å². The third-order valence-corrected chi connectivity index (χ3v) is 3.67. The van der Waals surface area contributed by atoms with E-state index in [1.54, 1.807) is 24.3 Å². The fourth-order valence-corrected chi connectivity index (χ4v) is 2.35. The second-order valence-corrected chi connectivity index (χ2v) is 5.34. The van der Waals surface area contributed by atoms with Crippen LogP contribution in [0.4, 0.5) is 19.1 Å². The van der Waals surface area contributed by atoms with Crippen LogP contribution < -0.4 is 11.1 Å². The number of rotatable bonds is 4. The molecule has 0 radical (unpaired) electrons. The van der Waals surface area contributed by atoms with Gasteiger partial charge in [0, 0.05) is 18.9 Å². The molecule has 3 N–H and O–H groups in total. The van der Waals surface area contributed by atoms with Crippen LogP contribution in [-0.4, -0.2) is 16.0 Å². The molecule has 0 saturated carbocycles. The molecular formula is C17H13F3N4O2. The number of aromatic nitrogens is 2. The lowest BCUT2D eigenvalue weighted by Gasteiger charge is -2.11. The average molecular weight is 362 g/mol. The summed E-state index contributed by atoms with van der Waals surface area (Å²) in [6.45, 7) is 0.370. The molecule has 26 heavy (non-hydrogen) atoms. The van der Waals surface area contributed by atoms with Crippen molar-refractivity contribution in [2.45, 2.75) is 12.7 Å². The first-order valence-corrected chi connectivity index (χ1v) is 7.46. The average Bonchev–Trinajstić information content (AvgIpc) is 3.09. The fraction of sp³-hybridized carbons (Fsp3) is 0.118. The lowest BCUT2D eigenvalue weighted by Crippen LogP contribution is -2.19. The summed E-state index contributed by atoms with van der Waals surface area (Å²) in [7, 11) is 0. The first-order valence-electron chi connectivity index (χ1n) is 7.46. The fourth-order valence-electron chi connectivity index (χ4n) is 2.35. The van der Waals surface area contributed by atoms with Crippen LogP contribution in [0.2, 0.25) is 0 Å². The number of anilines is 1. The zero-order valence-electron chi connectivity index (χ0n) is 13.2. The molecule has 9 heteroatoms. The van der Waals surface area contributed by atoms with Gasteiger partial charge in [0.2, 0.25) is 5.88 Å². The third kappa shape index (κ3) is 3.57. The molecule has 1 aromatic carbocycles. The molecule has 0 aliphatic heterocycles. The van der Waals surface area contributed by atoms with Crippen molar-refractivity contribution >= 4 is 11.8 Å². The third-order valence-electron chi connectivity index (χ3n) is 3.67. The Morgan fingerprint density at radius 2 is 1.88 bits per heavy atom. The van der Waals surface area contributed by atoms with E-state index in [2.05, 4.69) is 15.5 Å². The van der Waals surface area contributed by atoms with Crippen molar-refractivity contribution in [1.82, 2.24) is 10.1 Å². The van der Waals surface area contributed by atoms with Crippen molar-refractivity contribution in [2.75, 3.05) is 5.32 Å². The highest BCUT2D eigenvalue weighted by Crippen LogP contribution is 2.33. The summed E-state index contributed by atoms with van der Waals surface area (Å²) in [5, 5.41) is 5.92. The van der Waals surface area contributed by atoms with Gasteiger partial charge < -0.3 is 10.3 Å². The van der Waals surface area contributed by atoms with E-state index in [9.17, 15) is 18.0 Å². The minimum Gasteiger partial charge on any atom is -0.338 e. The summed E-state index contributed by atoms with van der Waals surface area (Å²) in [5.74, 6) is -1.06. The maximum absolute atomic E-state index is 13.0. The molecule has 0 fully saturated rings. The minimum atomic E-state index is -4.68. The Hall–Kier alpha value is -3.20. The summed E-state index contributed by atoms with van der Waals surface area (Å²) in [6.07, 6.45) is -1.50. The maximum atomic E-state index is 13.0. The number of halogens is 3. The first kappa shape index (κ1) is 17.6. The predicted octanol–water partition coefficient (Wildman–Crippen LogP) is 3.47. The highest BCUT2D eigenvalue weighted by atomic mass is 19.4. The van der Waals surface area contributed by atoms with E-state index in [1.165, 1.54) is 6.20 Å². The number of amides is 1. The van der Waals surface area contributed by atoms with Crippen LogP contribution in [0.3, 0.4) is 0 Å². The van der Waals surface area contributed by atoms with E-state index in [0.29, 0.717) is 17.7 Å².